The molecule has 0 amide bonds. The molecular formula is C22H21F2N3O. The summed E-state index contributed by atoms with van der Waals surface area (Å²) in [6.07, 6.45) is 7.67. The number of imidazole rings is 1. The summed E-state index contributed by atoms with van der Waals surface area (Å²) in [5.41, 5.74) is 6.43. The average molecular weight is 381 g/mol. The number of aromatic amines is 1. The molecule has 0 saturated heterocycles. The Morgan fingerprint density at radius 1 is 1.07 bits per heavy atom. The molecule has 1 saturated carbocycles. The number of aryl methyl sites for hydroxylation is 1. The quantitative estimate of drug-likeness (QED) is 0.625. The highest BCUT2D eigenvalue weighted by Gasteiger charge is 2.37. The number of rotatable bonds is 2. The predicted molar refractivity (Wildman–Crippen MR) is 104 cm³/mol. The predicted octanol–water partition coefficient (Wildman–Crippen LogP) is 5.40. The summed E-state index contributed by atoms with van der Waals surface area (Å²) in [5, 5.41) is 0. The van der Waals surface area contributed by atoms with Gasteiger partial charge in [-0.3, -0.25) is 10.3 Å². The van der Waals surface area contributed by atoms with E-state index in [2.05, 4.69) is 16.5 Å². The number of benzene rings is 2. The molecule has 1 spiro atoms. The van der Waals surface area contributed by atoms with Crippen LogP contribution >= 0.6 is 0 Å². The Hall–Kier alpha value is -2.73. The van der Waals surface area contributed by atoms with Gasteiger partial charge in [0, 0.05) is 0 Å². The number of nitrogens with zero attached hydrogens (tertiary/aromatic N) is 1. The Bertz CT molecular complexity index is 1080. The number of hydrogen-bond donors (Lipinski definition) is 2. The van der Waals surface area contributed by atoms with Gasteiger partial charge in [0.2, 0.25) is 0 Å². The molecule has 3 aromatic rings. The maximum absolute atomic E-state index is 14.2. The van der Waals surface area contributed by atoms with Gasteiger partial charge in [-0.2, -0.15) is 0 Å². The Labute approximate surface area is 161 Å². The number of halogens is 2. The topological polar surface area (TPSA) is 49.9 Å². The molecule has 1 aliphatic carbocycles. The smallest absolute Gasteiger partial charge is 0.156 e. The highest BCUT2D eigenvalue weighted by atomic mass is 19.1. The summed E-state index contributed by atoms with van der Waals surface area (Å²) in [4.78, 5) is 13.9. The van der Waals surface area contributed by atoms with Crippen LogP contribution < -0.4 is 5.48 Å². The lowest BCUT2D eigenvalue weighted by Gasteiger charge is -2.29. The minimum atomic E-state index is -0.578. The first-order chi connectivity index (χ1) is 13.5. The molecule has 2 aromatic carbocycles. The van der Waals surface area contributed by atoms with Crippen LogP contribution in [0.25, 0.3) is 27.9 Å². The molecule has 0 radical (unpaired) electrons. The average Bonchev–Trinajstić information content (AvgIpc) is 3.27. The number of hydroxylamine groups is 1. The molecule has 0 unspecified atom stereocenters. The van der Waals surface area contributed by atoms with E-state index in [-0.39, 0.29) is 11.2 Å². The molecule has 4 nitrogen and oxygen atoms in total. The van der Waals surface area contributed by atoms with E-state index < -0.39 is 11.6 Å². The zero-order chi connectivity index (χ0) is 19.3. The maximum atomic E-state index is 14.2. The van der Waals surface area contributed by atoms with Crippen LogP contribution in [0.1, 0.15) is 43.5 Å². The van der Waals surface area contributed by atoms with Gasteiger partial charge >= 0.3 is 0 Å². The highest BCUT2D eigenvalue weighted by molar-refractivity contribution is 5.87. The molecule has 6 heteroatoms. The van der Waals surface area contributed by atoms with Crippen LogP contribution in [-0.4, -0.2) is 15.6 Å². The minimum absolute atomic E-state index is 0.0219. The van der Waals surface area contributed by atoms with Crippen LogP contribution in [0.5, 0.6) is 0 Å². The van der Waals surface area contributed by atoms with Gasteiger partial charge in [0.25, 0.3) is 0 Å². The highest BCUT2D eigenvalue weighted by Crippen LogP contribution is 2.38. The first-order valence-corrected chi connectivity index (χ1v) is 9.67. The molecule has 2 N–H and O–H groups in total. The monoisotopic (exact) mass is 381 g/mol. The summed E-state index contributed by atoms with van der Waals surface area (Å²) in [6, 6.07) is 7.42. The van der Waals surface area contributed by atoms with Crippen LogP contribution in [0.2, 0.25) is 0 Å². The van der Waals surface area contributed by atoms with E-state index in [1.807, 2.05) is 6.92 Å². The van der Waals surface area contributed by atoms with Crippen molar-refractivity contribution in [2.24, 2.45) is 0 Å². The summed E-state index contributed by atoms with van der Waals surface area (Å²) >= 11 is 0. The van der Waals surface area contributed by atoms with Crippen LogP contribution in [0.4, 0.5) is 8.78 Å². The zero-order valence-corrected chi connectivity index (χ0v) is 15.6. The first-order valence-electron chi connectivity index (χ1n) is 9.67. The van der Waals surface area contributed by atoms with Crippen LogP contribution in [0, 0.1) is 18.6 Å². The molecule has 28 heavy (non-hydrogen) atoms. The third kappa shape index (κ3) is 2.79. The van der Waals surface area contributed by atoms with E-state index in [9.17, 15) is 8.78 Å². The second-order valence-corrected chi connectivity index (χ2v) is 7.76. The van der Waals surface area contributed by atoms with Gasteiger partial charge in [-0.1, -0.05) is 25.3 Å². The van der Waals surface area contributed by atoms with E-state index in [0.29, 0.717) is 11.4 Å². The van der Waals surface area contributed by atoms with Gasteiger partial charge in [-0.05, 0) is 61.2 Å². The number of nitrogens with one attached hydrogen (secondary N) is 2. The van der Waals surface area contributed by atoms with Crippen molar-refractivity contribution in [2.75, 3.05) is 0 Å². The SMILES string of the molecule is Cc1cc(-c2c(F)cccc2F)cc2[nH]c(C3=CC4(CCCCC4)ON3)nc12. The van der Waals surface area contributed by atoms with Crippen molar-refractivity contribution in [3.8, 4) is 11.1 Å². The summed E-state index contributed by atoms with van der Waals surface area (Å²) in [5.74, 6) is -0.482. The summed E-state index contributed by atoms with van der Waals surface area (Å²) in [6.45, 7) is 1.89. The van der Waals surface area contributed by atoms with Crippen molar-refractivity contribution in [3.63, 3.8) is 0 Å². The third-order valence-electron chi connectivity index (χ3n) is 5.76. The Kier molecular flexibility index (Phi) is 3.98. The lowest BCUT2D eigenvalue weighted by atomic mass is 9.84. The lowest BCUT2D eigenvalue weighted by molar-refractivity contribution is -0.0558. The largest absolute Gasteiger partial charge is 0.337 e. The maximum Gasteiger partial charge on any atom is 0.156 e. The molecule has 5 rings (SSSR count). The Balaban J connectivity index is 1.57. The van der Waals surface area contributed by atoms with Gasteiger partial charge in [0.1, 0.15) is 22.9 Å². The Morgan fingerprint density at radius 3 is 2.57 bits per heavy atom. The minimum Gasteiger partial charge on any atom is -0.337 e. The van der Waals surface area contributed by atoms with Crippen LogP contribution in [0.3, 0.4) is 0 Å². The fourth-order valence-corrected chi connectivity index (χ4v) is 4.33. The van der Waals surface area contributed by atoms with Gasteiger partial charge < -0.3 is 4.98 Å². The number of fused-ring (bicyclic) bond motifs is 1. The fourth-order valence-electron chi connectivity index (χ4n) is 4.33. The second kappa shape index (κ2) is 6.41. The number of hydrogen-bond acceptors (Lipinski definition) is 3. The van der Waals surface area contributed by atoms with Gasteiger partial charge in [-0.25, -0.2) is 13.8 Å². The van der Waals surface area contributed by atoms with Crippen molar-refractivity contribution in [2.45, 2.75) is 44.6 Å². The molecular weight excluding hydrogens is 360 g/mol. The molecule has 144 valence electrons. The number of H-pyrrole nitrogens is 1. The van der Waals surface area contributed by atoms with Gasteiger partial charge in [0.05, 0.1) is 16.6 Å². The summed E-state index contributed by atoms with van der Waals surface area (Å²) < 4.78 is 28.4. The zero-order valence-electron chi connectivity index (χ0n) is 15.6. The van der Waals surface area contributed by atoms with Crippen molar-refractivity contribution < 1.29 is 13.6 Å². The number of aromatic nitrogens is 2. The van der Waals surface area contributed by atoms with Crippen LogP contribution in [-0.2, 0) is 4.84 Å². The van der Waals surface area contributed by atoms with Crippen molar-refractivity contribution in [1.29, 1.82) is 0 Å². The normalized spacial score (nSPS) is 18.5. The Morgan fingerprint density at radius 2 is 1.82 bits per heavy atom. The van der Waals surface area contributed by atoms with Crippen molar-refractivity contribution in [1.82, 2.24) is 15.4 Å². The molecule has 0 atom stereocenters. The third-order valence-corrected chi connectivity index (χ3v) is 5.76. The van der Waals surface area contributed by atoms with E-state index in [1.165, 1.54) is 24.6 Å². The van der Waals surface area contributed by atoms with Crippen molar-refractivity contribution in [3.05, 3.63) is 59.4 Å². The second-order valence-electron chi connectivity index (χ2n) is 7.76. The first kappa shape index (κ1) is 17.4. The van der Waals surface area contributed by atoms with E-state index in [4.69, 9.17) is 9.82 Å². The fraction of sp³-hybridized carbons (Fsp3) is 0.318. The standard InChI is InChI=1S/C22H21F2N3O/c1-13-10-14(19-15(23)6-5-7-16(19)24)11-17-20(13)26-21(25-17)18-12-22(28-27-18)8-3-2-4-9-22/h5-7,10-12,27H,2-4,8-9H2,1H3,(H,25,26). The molecule has 0 bridgehead atoms. The lowest BCUT2D eigenvalue weighted by Crippen LogP contribution is -2.31. The summed E-state index contributed by atoms with van der Waals surface area (Å²) in [7, 11) is 0. The van der Waals surface area contributed by atoms with E-state index in [1.54, 1.807) is 12.1 Å². The molecule has 1 aromatic heterocycles. The van der Waals surface area contributed by atoms with Crippen molar-refractivity contribution >= 4 is 16.7 Å². The molecule has 1 aliphatic heterocycles. The van der Waals surface area contributed by atoms with Crippen LogP contribution in [0.15, 0.2) is 36.4 Å². The molecule has 2 heterocycles. The molecule has 1 fully saturated rings. The van der Waals surface area contributed by atoms with E-state index in [0.717, 1.165) is 48.0 Å². The van der Waals surface area contributed by atoms with E-state index >= 15 is 0 Å². The van der Waals surface area contributed by atoms with Gasteiger partial charge in [0.15, 0.2) is 5.82 Å². The molecule has 2 aliphatic rings. The van der Waals surface area contributed by atoms with Gasteiger partial charge in [-0.15, -0.1) is 0 Å².